The van der Waals surface area contributed by atoms with E-state index in [9.17, 15) is 4.79 Å². The predicted octanol–water partition coefficient (Wildman–Crippen LogP) is 3.73. The molecule has 1 aliphatic carbocycles. The Bertz CT molecular complexity index is 642. The molecule has 3 rings (SSSR count). The fourth-order valence-electron chi connectivity index (χ4n) is 2.82. The summed E-state index contributed by atoms with van der Waals surface area (Å²) in [7, 11) is 0. The summed E-state index contributed by atoms with van der Waals surface area (Å²) < 4.78 is 5.31. The summed E-state index contributed by atoms with van der Waals surface area (Å²) in [4.78, 5) is 15.5. The van der Waals surface area contributed by atoms with E-state index in [1.807, 2.05) is 0 Å². The first-order valence-corrected chi connectivity index (χ1v) is 7.31. The molecule has 2 aromatic rings. The zero-order valence-corrected chi connectivity index (χ0v) is 12.0. The third-order valence-electron chi connectivity index (χ3n) is 4.18. The van der Waals surface area contributed by atoms with Gasteiger partial charge in [0.15, 0.2) is 5.82 Å². The van der Waals surface area contributed by atoms with Crippen LogP contribution in [0.3, 0.4) is 0 Å². The van der Waals surface area contributed by atoms with Crippen molar-refractivity contribution in [1.82, 2.24) is 10.1 Å². The largest absolute Gasteiger partial charge is 0.478 e. The first-order chi connectivity index (χ1) is 10.1. The average Bonchev–Trinajstić information content (AvgIpc) is 2.98. The molecule has 5 heteroatoms. The Hall–Kier alpha value is -2.17. The molecule has 1 aromatic heterocycles. The van der Waals surface area contributed by atoms with E-state index in [2.05, 4.69) is 17.1 Å². The van der Waals surface area contributed by atoms with Gasteiger partial charge < -0.3 is 9.63 Å². The molecular weight excluding hydrogens is 268 g/mol. The Labute approximate surface area is 123 Å². The van der Waals surface area contributed by atoms with Crippen molar-refractivity contribution in [2.75, 3.05) is 0 Å². The molecule has 110 valence electrons. The number of rotatable bonds is 3. The zero-order chi connectivity index (χ0) is 14.8. The monoisotopic (exact) mass is 286 g/mol. The van der Waals surface area contributed by atoms with Crippen LogP contribution in [-0.4, -0.2) is 21.2 Å². The summed E-state index contributed by atoms with van der Waals surface area (Å²) in [5.41, 5.74) is 0.872. The molecule has 1 heterocycles. The Kier molecular flexibility index (Phi) is 3.73. The van der Waals surface area contributed by atoms with Crippen molar-refractivity contribution in [3.8, 4) is 11.5 Å². The van der Waals surface area contributed by atoms with Crippen LogP contribution in [0.5, 0.6) is 0 Å². The third-order valence-corrected chi connectivity index (χ3v) is 4.18. The summed E-state index contributed by atoms with van der Waals surface area (Å²) in [6, 6.07) is 6.58. The molecule has 1 N–H and O–H groups in total. The van der Waals surface area contributed by atoms with Crippen molar-refractivity contribution in [1.29, 1.82) is 0 Å². The van der Waals surface area contributed by atoms with Crippen LogP contribution in [0.1, 0.15) is 54.7 Å². The maximum Gasteiger partial charge on any atom is 0.335 e. The highest BCUT2D eigenvalue weighted by Crippen LogP contribution is 2.34. The second-order valence-electron chi connectivity index (χ2n) is 5.80. The van der Waals surface area contributed by atoms with E-state index in [1.54, 1.807) is 24.3 Å². The normalized spacial score (nSPS) is 22.1. The molecule has 0 unspecified atom stereocenters. The molecule has 0 amide bonds. The van der Waals surface area contributed by atoms with Gasteiger partial charge in [-0.15, -0.1) is 0 Å². The highest BCUT2D eigenvalue weighted by molar-refractivity contribution is 5.88. The quantitative estimate of drug-likeness (QED) is 0.930. The smallest absolute Gasteiger partial charge is 0.335 e. The van der Waals surface area contributed by atoms with Crippen LogP contribution in [0.25, 0.3) is 11.5 Å². The van der Waals surface area contributed by atoms with Gasteiger partial charge in [-0.2, -0.15) is 4.98 Å². The number of hydrogen-bond donors (Lipinski definition) is 1. The van der Waals surface area contributed by atoms with Crippen LogP contribution in [-0.2, 0) is 0 Å². The van der Waals surface area contributed by atoms with Crippen LogP contribution in [0.2, 0.25) is 0 Å². The summed E-state index contributed by atoms with van der Waals surface area (Å²) in [6.07, 6.45) is 4.58. The van der Waals surface area contributed by atoms with E-state index in [0.29, 0.717) is 17.4 Å². The Morgan fingerprint density at radius 3 is 2.76 bits per heavy atom. The molecule has 0 saturated heterocycles. The molecule has 1 saturated carbocycles. The fourth-order valence-corrected chi connectivity index (χ4v) is 2.82. The molecule has 1 aromatic carbocycles. The molecule has 0 bridgehead atoms. The van der Waals surface area contributed by atoms with Crippen molar-refractivity contribution in [3.05, 3.63) is 35.7 Å². The van der Waals surface area contributed by atoms with E-state index in [4.69, 9.17) is 9.63 Å². The van der Waals surface area contributed by atoms with Gasteiger partial charge in [0.25, 0.3) is 5.89 Å². The number of aromatic nitrogens is 2. The van der Waals surface area contributed by atoms with E-state index < -0.39 is 5.97 Å². The van der Waals surface area contributed by atoms with Crippen LogP contribution in [0, 0.1) is 5.92 Å². The molecular formula is C16H18N2O3. The van der Waals surface area contributed by atoms with Crippen molar-refractivity contribution in [3.63, 3.8) is 0 Å². The summed E-state index contributed by atoms with van der Waals surface area (Å²) >= 11 is 0. The number of aromatic carboxylic acids is 1. The van der Waals surface area contributed by atoms with E-state index in [0.717, 1.165) is 24.6 Å². The van der Waals surface area contributed by atoms with Gasteiger partial charge in [0.2, 0.25) is 0 Å². The minimum absolute atomic E-state index is 0.221. The van der Waals surface area contributed by atoms with E-state index >= 15 is 0 Å². The van der Waals surface area contributed by atoms with Crippen LogP contribution >= 0.6 is 0 Å². The highest BCUT2D eigenvalue weighted by atomic mass is 16.5. The lowest BCUT2D eigenvalue weighted by molar-refractivity contribution is 0.0697. The SMILES string of the molecule is CC1CCC(c2noc(-c3cccc(C(=O)O)c3)n2)CC1. The molecule has 0 aliphatic heterocycles. The van der Waals surface area contributed by atoms with Crippen molar-refractivity contribution in [2.24, 2.45) is 5.92 Å². The fraction of sp³-hybridized carbons (Fsp3) is 0.438. The zero-order valence-electron chi connectivity index (χ0n) is 12.0. The average molecular weight is 286 g/mol. The lowest BCUT2D eigenvalue weighted by Gasteiger charge is -2.23. The first kappa shape index (κ1) is 13.8. The Morgan fingerprint density at radius 1 is 1.29 bits per heavy atom. The maximum atomic E-state index is 11.0. The van der Waals surface area contributed by atoms with Crippen molar-refractivity contribution >= 4 is 5.97 Å². The van der Waals surface area contributed by atoms with Gasteiger partial charge >= 0.3 is 5.97 Å². The number of benzene rings is 1. The predicted molar refractivity (Wildman–Crippen MR) is 77.1 cm³/mol. The highest BCUT2D eigenvalue weighted by Gasteiger charge is 2.24. The number of carboxylic acid groups (broad SMARTS) is 1. The summed E-state index contributed by atoms with van der Waals surface area (Å²) in [5.74, 6) is 1.32. The lowest BCUT2D eigenvalue weighted by atomic mass is 9.83. The van der Waals surface area contributed by atoms with Gasteiger partial charge in [-0.25, -0.2) is 4.79 Å². The Morgan fingerprint density at radius 2 is 2.05 bits per heavy atom. The molecule has 0 atom stereocenters. The van der Waals surface area contributed by atoms with Crippen LogP contribution in [0.4, 0.5) is 0 Å². The summed E-state index contributed by atoms with van der Waals surface area (Å²) in [6.45, 7) is 2.27. The van der Waals surface area contributed by atoms with Gasteiger partial charge in [0, 0.05) is 11.5 Å². The number of hydrogen-bond acceptors (Lipinski definition) is 4. The number of carboxylic acids is 1. The minimum atomic E-state index is -0.960. The molecule has 0 spiro atoms. The molecule has 1 aliphatic rings. The van der Waals surface area contributed by atoms with Gasteiger partial charge in [-0.3, -0.25) is 0 Å². The molecule has 21 heavy (non-hydrogen) atoms. The first-order valence-electron chi connectivity index (χ1n) is 7.31. The number of nitrogens with zero attached hydrogens (tertiary/aromatic N) is 2. The van der Waals surface area contributed by atoms with Gasteiger partial charge in [0.1, 0.15) is 0 Å². The number of carbonyl (C=O) groups is 1. The lowest BCUT2D eigenvalue weighted by Crippen LogP contribution is -2.11. The second kappa shape index (κ2) is 5.68. The third kappa shape index (κ3) is 2.96. The molecule has 5 nitrogen and oxygen atoms in total. The maximum absolute atomic E-state index is 11.0. The van der Waals surface area contributed by atoms with Gasteiger partial charge in [0.05, 0.1) is 5.56 Å². The molecule has 0 radical (unpaired) electrons. The van der Waals surface area contributed by atoms with E-state index in [1.165, 1.54) is 12.8 Å². The van der Waals surface area contributed by atoms with Gasteiger partial charge in [-0.05, 0) is 37.0 Å². The van der Waals surface area contributed by atoms with E-state index in [-0.39, 0.29) is 5.56 Å². The second-order valence-corrected chi connectivity index (χ2v) is 5.80. The standard InChI is InChI=1S/C16H18N2O3/c1-10-5-7-11(8-6-10)14-17-15(21-18-14)12-3-2-4-13(9-12)16(19)20/h2-4,9-11H,5-8H2,1H3,(H,19,20). The van der Waals surface area contributed by atoms with Crippen LogP contribution < -0.4 is 0 Å². The van der Waals surface area contributed by atoms with Crippen molar-refractivity contribution < 1.29 is 14.4 Å². The molecule has 1 fully saturated rings. The van der Waals surface area contributed by atoms with Gasteiger partial charge in [-0.1, -0.05) is 31.0 Å². The summed E-state index contributed by atoms with van der Waals surface area (Å²) in [5, 5.41) is 13.1. The topological polar surface area (TPSA) is 76.2 Å². The van der Waals surface area contributed by atoms with Crippen LogP contribution in [0.15, 0.2) is 28.8 Å². The van der Waals surface area contributed by atoms with Crippen molar-refractivity contribution in [2.45, 2.75) is 38.5 Å². The Balaban J connectivity index is 1.81. The minimum Gasteiger partial charge on any atom is -0.478 e.